The van der Waals surface area contributed by atoms with Crippen molar-refractivity contribution in [2.75, 3.05) is 13.1 Å². The van der Waals surface area contributed by atoms with Crippen LogP contribution in [0.3, 0.4) is 0 Å². The summed E-state index contributed by atoms with van der Waals surface area (Å²) in [7, 11) is 0. The molecule has 0 saturated carbocycles. The van der Waals surface area contributed by atoms with Crippen LogP contribution in [0.4, 0.5) is 0 Å². The molecular weight excluding hydrogens is 288 g/mol. The predicted octanol–water partition coefficient (Wildman–Crippen LogP) is 2.31. The molecule has 1 fully saturated rings. The maximum absolute atomic E-state index is 12.0. The lowest BCUT2D eigenvalue weighted by molar-refractivity contribution is -0.124. The maximum Gasteiger partial charge on any atom is 0.239 e. The molecule has 2 heterocycles. The molecule has 1 atom stereocenters. The minimum Gasteiger partial charge on any atom is -0.368 e. The zero-order chi connectivity index (χ0) is 16.2. The number of piperidine rings is 1. The van der Waals surface area contributed by atoms with Gasteiger partial charge < -0.3 is 5.73 Å². The third-order valence-corrected chi connectivity index (χ3v) is 4.73. The van der Waals surface area contributed by atoms with Crippen molar-refractivity contribution in [1.82, 2.24) is 14.7 Å². The summed E-state index contributed by atoms with van der Waals surface area (Å²) in [6.07, 6.45) is 6.19. The molecule has 1 aromatic heterocycles. The topological polar surface area (TPSA) is 64.2 Å². The van der Waals surface area contributed by atoms with Crippen molar-refractivity contribution < 1.29 is 4.79 Å². The Morgan fingerprint density at radius 2 is 2.00 bits per heavy atom. The second kappa shape index (κ2) is 6.96. The fourth-order valence-electron chi connectivity index (χ4n) is 3.44. The average Bonchev–Trinajstić information content (AvgIpc) is 3.05. The Balaban J connectivity index is 1.68. The molecule has 1 aliphatic heterocycles. The number of hydrogen-bond acceptors (Lipinski definition) is 3. The SMILES string of the molecule is CCn1cc(C2CCN(C(C(N)=O)c3ccccc3)CC2)cn1. The van der Waals surface area contributed by atoms with Gasteiger partial charge in [0.2, 0.25) is 5.91 Å². The van der Waals surface area contributed by atoms with Crippen LogP contribution in [-0.2, 0) is 11.3 Å². The van der Waals surface area contributed by atoms with E-state index in [0.717, 1.165) is 38.0 Å². The molecule has 1 saturated heterocycles. The van der Waals surface area contributed by atoms with E-state index in [0.29, 0.717) is 5.92 Å². The van der Waals surface area contributed by atoms with E-state index >= 15 is 0 Å². The molecule has 1 aromatic carbocycles. The van der Waals surface area contributed by atoms with Crippen LogP contribution >= 0.6 is 0 Å². The molecular formula is C18H24N4O. The highest BCUT2D eigenvalue weighted by Crippen LogP contribution is 2.32. The number of carbonyl (C=O) groups excluding carboxylic acids is 1. The van der Waals surface area contributed by atoms with Gasteiger partial charge in [-0.05, 0) is 49.9 Å². The van der Waals surface area contributed by atoms with Gasteiger partial charge in [-0.15, -0.1) is 0 Å². The third-order valence-electron chi connectivity index (χ3n) is 4.73. The van der Waals surface area contributed by atoms with Gasteiger partial charge in [0.15, 0.2) is 0 Å². The predicted molar refractivity (Wildman–Crippen MR) is 89.8 cm³/mol. The number of carbonyl (C=O) groups is 1. The Bertz CT molecular complexity index is 644. The van der Waals surface area contributed by atoms with Crippen LogP contribution in [0.1, 0.15) is 42.9 Å². The summed E-state index contributed by atoms with van der Waals surface area (Å²) >= 11 is 0. The minimum absolute atomic E-state index is 0.270. The summed E-state index contributed by atoms with van der Waals surface area (Å²) < 4.78 is 1.97. The Morgan fingerprint density at radius 3 is 2.57 bits per heavy atom. The molecule has 3 rings (SSSR count). The molecule has 0 bridgehead atoms. The average molecular weight is 312 g/mol. The summed E-state index contributed by atoms with van der Waals surface area (Å²) in [5.74, 6) is 0.254. The van der Waals surface area contributed by atoms with Crippen LogP contribution in [0.2, 0.25) is 0 Å². The monoisotopic (exact) mass is 312 g/mol. The molecule has 1 aliphatic rings. The van der Waals surface area contributed by atoms with Gasteiger partial charge in [-0.2, -0.15) is 5.10 Å². The number of primary amides is 1. The van der Waals surface area contributed by atoms with E-state index in [9.17, 15) is 4.79 Å². The van der Waals surface area contributed by atoms with Crippen molar-refractivity contribution in [3.05, 3.63) is 53.9 Å². The van der Waals surface area contributed by atoms with Gasteiger partial charge in [-0.1, -0.05) is 30.3 Å². The van der Waals surface area contributed by atoms with Gasteiger partial charge in [-0.25, -0.2) is 0 Å². The normalized spacial score (nSPS) is 18.0. The fraction of sp³-hybridized carbons (Fsp3) is 0.444. The number of benzene rings is 1. The van der Waals surface area contributed by atoms with Gasteiger partial charge in [0.1, 0.15) is 6.04 Å². The lowest BCUT2D eigenvalue weighted by Crippen LogP contribution is -2.42. The number of amides is 1. The van der Waals surface area contributed by atoms with E-state index in [2.05, 4.69) is 23.1 Å². The molecule has 2 N–H and O–H groups in total. The summed E-state index contributed by atoms with van der Waals surface area (Å²) in [4.78, 5) is 14.2. The molecule has 23 heavy (non-hydrogen) atoms. The summed E-state index contributed by atoms with van der Waals surface area (Å²) in [5.41, 5.74) is 7.96. The molecule has 0 aliphatic carbocycles. The van der Waals surface area contributed by atoms with Crippen molar-refractivity contribution in [3.63, 3.8) is 0 Å². The first kappa shape index (κ1) is 15.7. The number of rotatable bonds is 5. The van der Waals surface area contributed by atoms with E-state index in [1.54, 1.807) is 0 Å². The van der Waals surface area contributed by atoms with E-state index in [1.807, 2.05) is 41.2 Å². The number of likely N-dealkylation sites (tertiary alicyclic amines) is 1. The highest BCUT2D eigenvalue weighted by molar-refractivity contribution is 5.81. The van der Waals surface area contributed by atoms with Gasteiger partial charge in [-0.3, -0.25) is 14.4 Å². The molecule has 1 amide bonds. The van der Waals surface area contributed by atoms with Crippen LogP contribution in [0.15, 0.2) is 42.7 Å². The zero-order valence-electron chi connectivity index (χ0n) is 13.6. The van der Waals surface area contributed by atoms with Gasteiger partial charge in [0, 0.05) is 12.7 Å². The highest BCUT2D eigenvalue weighted by atomic mass is 16.1. The lowest BCUT2D eigenvalue weighted by Gasteiger charge is -2.36. The lowest BCUT2D eigenvalue weighted by atomic mass is 9.90. The first-order chi connectivity index (χ1) is 11.2. The first-order valence-electron chi connectivity index (χ1n) is 8.29. The van der Waals surface area contributed by atoms with Crippen molar-refractivity contribution in [1.29, 1.82) is 0 Å². The van der Waals surface area contributed by atoms with Gasteiger partial charge >= 0.3 is 0 Å². The highest BCUT2D eigenvalue weighted by Gasteiger charge is 2.30. The van der Waals surface area contributed by atoms with Crippen molar-refractivity contribution >= 4 is 5.91 Å². The van der Waals surface area contributed by atoms with Crippen molar-refractivity contribution in [3.8, 4) is 0 Å². The number of aromatic nitrogens is 2. The Labute approximate surface area is 137 Å². The number of nitrogens with zero attached hydrogens (tertiary/aromatic N) is 3. The molecule has 5 nitrogen and oxygen atoms in total. The second-order valence-corrected chi connectivity index (χ2v) is 6.16. The number of aryl methyl sites for hydroxylation is 1. The van der Waals surface area contributed by atoms with E-state index in [-0.39, 0.29) is 11.9 Å². The Morgan fingerprint density at radius 1 is 1.30 bits per heavy atom. The Hall–Kier alpha value is -2.14. The van der Waals surface area contributed by atoms with Crippen molar-refractivity contribution in [2.45, 2.75) is 38.3 Å². The largest absolute Gasteiger partial charge is 0.368 e. The van der Waals surface area contributed by atoms with Crippen LogP contribution in [0.5, 0.6) is 0 Å². The quantitative estimate of drug-likeness (QED) is 0.921. The van der Waals surface area contributed by atoms with Gasteiger partial charge in [0.05, 0.1) is 6.20 Å². The zero-order valence-corrected chi connectivity index (χ0v) is 13.6. The van der Waals surface area contributed by atoms with Crippen molar-refractivity contribution in [2.24, 2.45) is 5.73 Å². The summed E-state index contributed by atoms with van der Waals surface area (Å²) in [6.45, 7) is 4.75. The second-order valence-electron chi connectivity index (χ2n) is 6.16. The molecule has 0 radical (unpaired) electrons. The van der Waals surface area contributed by atoms with Crippen LogP contribution in [0.25, 0.3) is 0 Å². The smallest absolute Gasteiger partial charge is 0.239 e. The molecule has 0 spiro atoms. The van der Waals surface area contributed by atoms with Gasteiger partial charge in [0.25, 0.3) is 0 Å². The summed E-state index contributed by atoms with van der Waals surface area (Å²) in [6, 6.07) is 9.50. The first-order valence-corrected chi connectivity index (χ1v) is 8.29. The van der Waals surface area contributed by atoms with Crippen LogP contribution in [0, 0.1) is 0 Å². The number of hydrogen-bond donors (Lipinski definition) is 1. The molecule has 122 valence electrons. The van der Waals surface area contributed by atoms with Crippen LogP contribution in [-0.4, -0.2) is 33.7 Å². The maximum atomic E-state index is 12.0. The van der Waals surface area contributed by atoms with E-state index in [4.69, 9.17) is 5.73 Å². The third kappa shape index (κ3) is 3.45. The van der Waals surface area contributed by atoms with Crippen LogP contribution < -0.4 is 5.73 Å². The summed E-state index contributed by atoms with van der Waals surface area (Å²) in [5, 5.41) is 4.37. The Kier molecular flexibility index (Phi) is 4.76. The molecule has 5 heteroatoms. The molecule has 2 aromatic rings. The minimum atomic E-state index is -0.324. The standard InChI is InChI=1S/C18H24N4O/c1-2-22-13-16(12-20-22)14-8-10-21(11-9-14)17(18(19)23)15-6-4-3-5-7-15/h3-7,12-14,17H,2,8-11H2,1H3,(H2,19,23). The molecule has 1 unspecified atom stereocenters. The fourth-order valence-corrected chi connectivity index (χ4v) is 3.44. The number of nitrogens with two attached hydrogens (primary N) is 1. The van der Waals surface area contributed by atoms with E-state index < -0.39 is 0 Å². The van der Waals surface area contributed by atoms with E-state index in [1.165, 1.54) is 5.56 Å².